The van der Waals surface area contributed by atoms with E-state index in [0.29, 0.717) is 12.2 Å². The lowest BCUT2D eigenvalue weighted by Gasteiger charge is -2.15. The van der Waals surface area contributed by atoms with Gasteiger partial charge in [-0.1, -0.05) is 24.3 Å². The van der Waals surface area contributed by atoms with E-state index in [1.807, 2.05) is 67.6 Å². The fraction of sp³-hybridized carbons (Fsp3) is 0.125. The minimum atomic E-state index is -0.125. The highest BCUT2D eigenvalue weighted by Crippen LogP contribution is 2.20. The first kappa shape index (κ1) is 18.6. The molecule has 4 aromatic rings. The maximum Gasteiger partial charge on any atom is 0.251 e. The maximum absolute atomic E-state index is 12.6. The highest BCUT2D eigenvalue weighted by molar-refractivity contribution is 5.98. The van der Waals surface area contributed by atoms with Crippen LogP contribution < -0.4 is 10.1 Å². The van der Waals surface area contributed by atoms with E-state index >= 15 is 0 Å². The summed E-state index contributed by atoms with van der Waals surface area (Å²) in [6, 6.07) is 20.8. The monoisotopic (exact) mass is 383 g/mol. The molecule has 0 aliphatic rings. The molecule has 2 aromatic carbocycles. The lowest BCUT2D eigenvalue weighted by Crippen LogP contribution is -2.26. The number of hydrogen-bond acceptors (Lipinski definition) is 4. The molecule has 5 nitrogen and oxygen atoms in total. The van der Waals surface area contributed by atoms with Gasteiger partial charge >= 0.3 is 0 Å². The SMILES string of the molecule is CC(NC(=O)c1ccc2ncccc2c1)c1ccc(OCc2cccnc2)cc1. The molecule has 1 N–H and O–H groups in total. The summed E-state index contributed by atoms with van der Waals surface area (Å²) in [7, 11) is 0. The van der Waals surface area contributed by atoms with Crippen LogP contribution >= 0.6 is 0 Å². The van der Waals surface area contributed by atoms with E-state index in [-0.39, 0.29) is 11.9 Å². The Morgan fingerprint density at radius 1 is 1.03 bits per heavy atom. The van der Waals surface area contributed by atoms with E-state index in [4.69, 9.17) is 4.74 Å². The molecule has 2 heterocycles. The number of benzene rings is 2. The van der Waals surface area contributed by atoms with Gasteiger partial charge in [0.2, 0.25) is 0 Å². The number of carbonyl (C=O) groups excluding carboxylic acids is 1. The number of aromatic nitrogens is 2. The van der Waals surface area contributed by atoms with Crippen LogP contribution in [0.1, 0.15) is 34.5 Å². The summed E-state index contributed by atoms with van der Waals surface area (Å²) >= 11 is 0. The van der Waals surface area contributed by atoms with Gasteiger partial charge in [0.05, 0.1) is 11.6 Å². The zero-order chi connectivity index (χ0) is 20.1. The number of hydrogen-bond donors (Lipinski definition) is 1. The summed E-state index contributed by atoms with van der Waals surface area (Å²) in [5.74, 6) is 0.665. The summed E-state index contributed by atoms with van der Waals surface area (Å²) in [6.07, 6.45) is 5.27. The van der Waals surface area contributed by atoms with Crippen molar-refractivity contribution < 1.29 is 9.53 Å². The van der Waals surface area contributed by atoms with E-state index in [1.54, 1.807) is 24.7 Å². The van der Waals surface area contributed by atoms with Crippen molar-refractivity contribution in [3.05, 3.63) is 102 Å². The summed E-state index contributed by atoms with van der Waals surface area (Å²) in [5.41, 5.74) is 3.52. The van der Waals surface area contributed by atoms with Crippen molar-refractivity contribution in [1.29, 1.82) is 0 Å². The number of pyridine rings is 2. The quantitative estimate of drug-likeness (QED) is 0.524. The summed E-state index contributed by atoms with van der Waals surface area (Å²) in [4.78, 5) is 21.0. The number of nitrogens with one attached hydrogen (secondary N) is 1. The lowest BCUT2D eigenvalue weighted by atomic mass is 10.1. The van der Waals surface area contributed by atoms with Crippen LogP contribution in [-0.4, -0.2) is 15.9 Å². The Morgan fingerprint density at radius 3 is 2.66 bits per heavy atom. The fourth-order valence-electron chi connectivity index (χ4n) is 3.08. The van der Waals surface area contributed by atoms with Crippen molar-refractivity contribution in [3.63, 3.8) is 0 Å². The Hall–Kier alpha value is -3.73. The van der Waals surface area contributed by atoms with Gasteiger partial charge in [-0.25, -0.2) is 0 Å². The van der Waals surface area contributed by atoms with E-state index in [0.717, 1.165) is 27.8 Å². The van der Waals surface area contributed by atoms with Gasteiger partial charge < -0.3 is 10.1 Å². The predicted molar refractivity (Wildman–Crippen MR) is 113 cm³/mol. The lowest BCUT2D eigenvalue weighted by molar-refractivity contribution is 0.0940. The molecule has 0 spiro atoms. The standard InChI is InChI=1S/C24H21N3O2/c1-17(27-24(28)21-8-11-23-20(14-21)5-3-13-26-23)19-6-9-22(10-7-19)29-16-18-4-2-12-25-15-18/h2-15,17H,16H2,1H3,(H,27,28). The highest BCUT2D eigenvalue weighted by atomic mass is 16.5. The highest BCUT2D eigenvalue weighted by Gasteiger charge is 2.12. The average Bonchev–Trinajstić information content (AvgIpc) is 2.78. The van der Waals surface area contributed by atoms with Crippen molar-refractivity contribution >= 4 is 16.8 Å². The number of amides is 1. The first-order chi connectivity index (χ1) is 14.2. The topological polar surface area (TPSA) is 64.1 Å². The second-order valence-electron chi connectivity index (χ2n) is 6.83. The summed E-state index contributed by atoms with van der Waals surface area (Å²) in [5, 5.41) is 3.99. The molecular formula is C24H21N3O2. The van der Waals surface area contributed by atoms with E-state index in [9.17, 15) is 4.79 Å². The molecule has 4 rings (SSSR count). The molecule has 0 radical (unpaired) electrons. The van der Waals surface area contributed by atoms with Crippen molar-refractivity contribution in [3.8, 4) is 5.75 Å². The minimum absolute atomic E-state index is 0.111. The van der Waals surface area contributed by atoms with Gasteiger partial charge in [0.25, 0.3) is 5.91 Å². The Balaban J connectivity index is 1.38. The van der Waals surface area contributed by atoms with Crippen LogP contribution in [0.3, 0.4) is 0 Å². The molecule has 0 saturated carbocycles. The zero-order valence-corrected chi connectivity index (χ0v) is 16.1. The minimum Gasteiger partial charge on any atom is -0.489 e. The van der Waals surface area contributed by atoms with Crippen molar-refractivity contribution in [2.75, 3.05) is 0 Å². The second kappa shape index (κ2) is 8.52. The van der Waals surface area contributed by atoms with Gasteiger partial charge in [-0.05, 0) is 55.0 Å². The Morgan fingerprint density at radius 2 is 1.86 bits per heavy atom. The zero-order valence-electron chi connectivity index (χ0n) is 16.1. The number of nitrogens with zero attached hydrogens (tertiary/aromatic N) is 2. The first-order valence-electron chi connectivity index (χ1n) is 9.46. The molecule has 1 atom stereocenters. The molecule has 2 aromatic heterocycles. The fourth-order valence-corrected chi connectivity index (χ4v) is 3.08. The molecule has 29 heavy (non-hydrogen) atoms. The van der Waals surface area contributed by atoms with Gasteiger partial charge in [0.15, 0.2) is 0 Å². The molecule has 5 heteroatoms. The van der Waals surface area contributed by atoms with E-state index in [1.165, 1.54) is 0 Å². The van der Waals surface area contributed by atoms with Crippen LogP contribution in [0.15, 0.2) is 85.3 Å². The largest absolute Gasteiger partial charge is 0.489 e. The third-order valence-corrected chi connectivity index (χ3v) is 4.72. The van der Waals surface area contributed by atoms with Gasteiger partial charge in [0, 0.05) is 35.1 Å². The van der Waals surface area contributed by atoms with Gasteiger partial charge in [-0.15, -0.1) is 0 Å². The third kappa shape index (κ3) is 4.58. The van der Waals surface area contributed by atoms with E-state index in [2.05, 4.69) is 15.3 Å². The average molecular weight is 383 g/mol. The molecule has 1 amide bonds. The summed E-state index contributed by atoms with van der Waals surface area (Å²) < 4.78 is 5.78. The number of fused-ring (bicyclic) bond motifs is 1. The van der Waals surface area contributed by atoms with E-state index < -0.39 is 0 Å². The van der Waals surface area contributed by atoms with Gasteiger partial charge in [-0.3, -0.25) is 14.8 Å². The van der Waals surface area contributed by atoms with Crippen molar-refractivity contribution in [2.24, 2.45) is 0 Å². The molecule has 0 aliphatic carbocycles. The van der Waals surface area contributed by atoms with Crippen LogP contribution in [0.5, 0.6) is 5.75 Å². The van der Waals surface area contributed by atoms with Gasteiger partial charge in [0.1, 0.15) is 12.4 Å². The molecule has 0 aliphatic heterocycles. The van der Waals surface area contributed by atoms with Crippen LogP contribution in [0.2, 0.25) is 0 Å². The van der Waals surface area contributed by atoms with Crippen LogP contribution in [0.25, 0.3) is 10.9 Å². The van der Waals surface area contributed by atoms with Crippen LogP contribution in [0, 0.1) is 0 Å². The smallest absolute Gasteiger partial charge is 0.251 e. The van der Waals surface area contributed by atoms with Gasteiger partial charge in [-0.2, -0.15) is 0 Å². The van der Waals surface area contributed by atoms with Crippen molar-refractivity contribution in [1.82, 2.24) is 15.3 Å². The third-order valence-electron chi connectivity index (χ3n) is 4.72. The maximum atomic E-state index is 12.6. The summed E-state index contributed by atoms with van der Waals surface area (Å²) in [6.45, 7) is 2.43. The Bertz CT molecular complexity index is 1110. The predicted octanol–water partition coefficient (Wildman–Crippen LogP) is 4.70. The Labute approximate surface area is 169 Å². The second-order valence-corrected chi connectivity index (χ2v) is 6.83. The van der Waals surface area contributed by atoms with Crippen LogP contribution in [0.4, 0.5) is 0 Å². The molecule has 1 unspecified atom stereocenters. The van der Waals surface area contributed by atoms with Crippen LogP contribution in [-0.2, 0) is 6.61 Å². The Kier molecular flexibility index (Phi) is 5.47. The molecule has 0 saturated heterocycles. The molecule has 144 valence electrons. The number of ether oxygens (including phenoxy) is 1. The number of rotatable bonds is 6. The molecule has 0 fully saturated rings. The normalized spacial score (nSPS) is 11.8. The molecule has 0 bridgehead atoms. The van der Waals surface area contributed by atoms with Crippen molar-refractivity contribution in [2.45, 2.75) is 19.6 Å². The molecular weight excluding hydrogens is 362 g/mol. The number of carbonyl (C=O) groups is 1. The first-order valence-corrected chi connectivity index (χ1v) is 9.46.